The summed E-state index contributed by atoms with van der Waals surface area (Å²) in [6, 6.07) is 3.99. The minimum Gasteiger partial charge on any atom is -0.271 e. The molecule has 0 fully saturated rings. The molecule has 4 rings (SSSR count). The van der Waals surface area contributed by atoms with Crippen molar-refractivity contribution in [2.45, 2.75) is 6.92 Å². The van der Waals surface area contributed by atoms with Gasteiger partial charge in [0.15, 0.2) is 5.82 Å². The fourth-order valence-electron chi connectivity index (χ4n) is 2.37. The van der Waals surface area contributed by atoms with Crippen LogP contribution in [0.2, 0.25) is 0 Å². The number of hydrogen-bond donors (Lipinski definition) is 1. The van der Waals surface area contributed by atoms with Crippen LogP contribution in [0, 0.1) is 0 Å². The second kappa shape index (κ2) is 5.25. The van der Waals surface area contributed by atoms with Crippen LogP contribution in [0.4, 0.5) is 5.82 Å². The molecular weight excluding hydrogens is 332 g/mol. The average Bonchev–Trinajstić information content (AvgIpc) is 3.24. The second-order valence-electron chi connectivity index (χ2n) is 4.95. The number of thiophene rings is 2. The van der Waals surface area contributed by atoms with Gasteiger partial charge < -0.3 is 0 Å². The molecule has 3 aromatic rings. The number of anilines is 1. The molecule has 0 spiro atoms. The Bertz CT molecular complexity index is 959. The highest BCUT2D eigenvalue weighted by Crippen LogP contribution is 2.38. The maximum absolute atomic E-state index is 12.0. The van der Waals surface area contributed by atoms with Crippen LogP contribution in [-0.2, 0) is 9.59 Å². The van der Waals surface area contributed by atoms with Crippen LogP contribution in [0.5, 0.6) is 0 Å². The van der Waals surface area contributed by atoms with E-state index in [9.17, 15) is 9.59 Å². The third-order valence-electron chi connectivity index (χ3n) is 3.48. The number of aromatic nitrogens is 2. The van der Waals surface area contributed by atoms with Crippen molar-refractivity contribution in [3.8, 4) is 10.4 Å². The van der Waals surface area contributed by atoms with E-state index in [1.54, 1.807) is 18.3 Å². The molecule has 4 heterocycles. The summed E-state index contributed by atoms with van der Waals surface area (Å²) < 4.78 is 0. The Morgan fingerprint density at radius 2 is 2.09 bits per heavy atom. The number of carbonyl (C=O) groups is 2. The zero-order chi connectivity index (χ0) is 16.0. The molecule has 0 aromatic carbocycles. The van der Waals surface area contributed by atoms with E-state index in [0.717, 1.165) is 25.7 Å². The Morgan fingerprint density at radius 1 is 1.22 bits per heavy atom. The van der Waals surface area contributed by atoms with E-state index in [-0.39, 0.29) is 5.91 Å². The Labute approximate surface area is 139 Å². The molecule has 8 heteroatoms. The van der Waals surface area contributed by atoms with Crippen molar-refractivity contribution >= 4 is 50.5 Å². The Kier molecular flexibility index (Phi) is 3.21. The number of imide groups is 1. The summed E-state index contributed by atoms with van der Waals surface area (Å²) in [6.07, 6.45) is 2.73. The van der Waals surface area contributed by atoms with Gasteiger partial charge in [-0.15, -0.1) is 22.7 Å². The van der Waals surface area contributed by atoms with Gasteiger partial charge >= 0.3 is 0 Å². The van der Waals surface area contributed by atoms with E-state index in [1.165, 1.54) is 23.7 Å². The monoisotopic (exact) mass is 342 g/mol. The molecule has 0 saturated carbocycles. The zero-order valence-corrected chi connectivity index (χ0v) is 13.6. The third-order valence-corrected chi connectivity index (χ3v) is 5.26. The van der Waals surface area contributed by atoms with E-state index in [0.29, 0.717) is 11.4 Å². The summed E-state index contributed by atoms with van der Waals surface area (Å²) in [7, 11) is 0. The lowest BCUT2D eigenvalue weighted by molar-refractivity contribution is -0.135. The highest BCUT2D eigenvalue weighted by atomic mass is 32.1. The third kappa shape index (κ3) is 2.23. The molecule has 0 radical (unpaired) electrons. The van der Waals surface area contributed by atoms with Gasteiger partial charge in [0.1, 0.15) is 11.2 Å². The van der Waals surface area contributed by atoms with Crippen molar-refractivity contribution in [2.24, 2.45) is 0 Å². The van der Waals surface area contributed by atoms with E-state index >= 15 is 0 Å². The molecule has 0 atom stereocenters. The van der Waals surface area contributed by atoms with Gasteiger partial charge in [0.2, 0.25) is 0 Å². The van der Waals surface area contributed by atoms with Crippen molar-refractivity contribution in [1.82, 2.24) is 15.0 Å². The second-order valence-corrected chi connectivity index (χ2v) is 6.75. The Balaban J connectivity index is 1.80. The number of hydrazine groups is 1. The van der Waals surface area contributed by atoms with Crippen LogP contribution < -0.4 is 5.43 Å². The lowest BCUT2D eigenvalue weighted by atomic mass is 10.2. The van der Waals surface area contributed by atoms with E-state index in [1.807, 2.05) is 22.9 Å². The molecular formula is C15H10N4O2S2. The lowest BCUT2D eigenvalue weighted by Crippen LogP contribution is -2.36. The van der Waals surface area contributed by atoms with Gasteiger partial charge in [-0.2, -0.15) is 5.01 Å². The fourth-order valence-corrected chi connectivity index (χ4v) is 4.10. The Morgan fingerprint density at radius 3 is 2.78 bits per heavy atom. The van der Waals surface area contributed by atoms with Crippen molar-refractivity contribution in [3.63, 3.8) is 0 Å². The number of nitrogens with zero attached hydrogens (tertiary/aromatic N) is 3. The van der Waals surface area contributed by atoms with Gasteiger partial charge in [-0.05, 0) is 18.4 Å². The smallest absolute Gasteiger partial charge is 0.271 e. The largest absolute Gasteiger partial charge is 0.275 e. The fraction of sp³-hybridized carbons (Fsp3) is 0.0667. The summed E-state index contributed by atoms with van der Waals surface area (Å²) in [4.78, 5) is 34.3. The standard InChI is InChI=1S/C15H10N4O2S2/c1-8-5-11(20)19(15(8)21)18-13-12-9(10-3-2-4-22-10)6-23-14(12)17-7-16-13/h2-7H,1H3,(H,16,17,18). The van der Waals surface area contributed by atoms with Gasteiger partial charge in [-0.3, -0.25) is 15.0 Å². The number of hydrogen-bond acceptors (Lipinski definition) is 7. The van der Waals surface area contributed by atoms with E-state index < -0.39 is 5.91 Å². The predicted molar refractivity (Wildman–Crippen MR) is 90.0 cm³/mol. The van der Waals surface area contributed by atoms with Gasteiger partial charge in [0.05, 0.1) is 5.39 Å². The average molecular weight is 342 g/mol. The van der Waals surface area contributed by atoms with Crippen LogP contribution in [0.3, 0.4) is 0 Å². The van der Waals surface area contributed by atoms with E-state index in [4.69, 9.17) is 0 Å². The normalized spacial score (nSPS) is 14.7. The topological polar surface area (TPSA) is 75.2 Å². The van der Waals surface area contributed by atoms with Crippen LogP contribution in [0.1, 0.15) is 6.92 Å². The maximum atomic E-state index is 12.0. The number of carbonyl (C=O) groups excluding carboxylic acids is 2. The van der Waals surface area contributed by atoms with Crippen molar-refractivity contribution < 1.29 is 9.59 Å². The first-order chi connectivity index (χ1) is 11.1. The van der Waals surface area contributed by atoms with Gasteiger partial charge in [-0.1, -0.05) is 6.07 Å². The Hall–Kier alpha value is -2.58. The lowest BCUT2D eigenvalue weighted by Gasteiger charge is -2.16. The molecule has 1 aliphatic rings. The minimum absolute atomic E-state index is 0.366. The maximum Gasteiger partial charge on any atom is 0.275 e. The highest BCUT2D eigenvalue weighted by Gasteiger charge is 2.29. The number of nitrogens with one attached hydrogen (secondary N) is 1. The van der Waals surface area contributed by atoms with Crippen LogP contribution in [0.25, 0.3) is 20.7 Å². The molecule has 6 nitrogen and oxygen atoms in total. The van der Waals surface area contributed by atoms with Crippen molar-refractivity contribution in [2.75, 3.05) is 5.43 Å². The predicted octanol–water partition coefficient (Wildman–Crippen LogP) is 3.06. The summed E-state index contributed by atoms with van der Waals surface area (Å²) in [5, 5.41) is 5.79. The molecule has 0 unspecified atom stereocenters. The number of amides is 2. The van der Waals surface area contributed by atoms with E-state index in [2.05, 4.69) is 15.4 Å². The number of rotatable bonds is 3. The molecule has 23 heavy (non-hydrogen) atoms. The summed E-state index contributed by atoms with van der Waals surface area (Å²) in [6.45, 7) is 1.61. The first-order valence-electron chi connectivity index (χ1n) is 6.74. The molecule has 1 aliphatic heterocycles. The first-order valence-corrected chi connectivity index (χ1v) is 8.50. The van der Waals surface area contributed by atoms with Gasteiger partial charge in [-0.25, -0.2) is 9.97 Å². The zero-order valence-electron chi connectivity index (χ0n) is 11.9. The highest BCUT2D eigenvalue weighted by molar-refractivity contribution is 7.18. The SMILES string of the molecule is CC1=CC(=O)N(Nc2ncnc3scc(-c4cccs4)c23)C1=O. The summed E-state index contributed by atoms with van der Waals surface area (Å²) in [5.41, 5.74) is 4.24. The summed E-state index contributed by atoms with van der Waals surface area (Å²) >= 11 is 3.11. The molecule has 3 aromatic heterocycles. The van der Waals surface area contributed by atoms with Crippen LogP contribution in [-0.4, -0.2) is 26.8 Å². The van der Waals surface area contributed by atoms with Crippen molar-refractivity contribution in [1.29, 1.82) is 0 Å². The van der Waals surface area contributed by atoms with Crippen molar-refractivity contribution in [3.05, 3.63) is 40.9 Å². The molecule has 2 amide bonds. The quantitative estimate of drug-likeness (QED) is 0.741. The van der Waals surface area contributed by atoms with Crippen LogP contribution in [0.15, 0.2) is 40.9 Å². The minimum atomic E-state index is -0.396. The van der Waals surface area contributed by atoms with Gasteiger partial charge in [0.25, 0.3) is 11.8 Å². The summed E-state index contributed by atoms with van der Waals surface area (Å²) in [5.74, 6) is -0.314. The molecule has 1 N–H and O–H groups in total. The van der Waals surface area contributed by atoms with Gasteiger partial charge in [0, 0.05) is 27.5 Å². The first kappa shape index (κ1) is 14.0. The molecule has 114 valence electrons. The molecule has 0 aliphatic carbocycles. The van der Waals surface area contributed by atoms with Crippen LogP contribution >= 0.6 is 22.7 Å². The molecule has 0 bridgehead atoms. The number of fused-ring (bicyclic) bond motifs is 1. The molecule has 0 saturated heterocycles.